The Bertz CT molecular complexity index is 752. The van der Waals surface area contributed by atoms with Crippen molar-refractivity contribution in [3.05, 3.63) is 42.9 Å². The maximum absolute atomic E-state index is 5.68. The zero-order chi connectivity index (χ0) is 14.7. The summed E-state index contributed by atoms with van der Waals surface area (Å²) in [6.07, 6.45) is 6.38. The molecule has 0 aliphatic carbocycles. The molecule has 0 saturated heterocycles. The topological polar surface area (TPSA) is 48.7 Å². The Kier molecular flexibility index (Phi) is 3.73. The van der Waals surface area contributed by atoms with Gasteiger partial charge in [-0.3, -0.25) is 4.40 Å². The predicted molar refractivity (Wildman–Crippen MR) is 80.8 cm³/mol. The monoisotopic (exact) mass is 283 g/mol. The maximum Gasteiger partial charge on any atom is 0.258 e. The molecule has 3 rings (SSSR count). The molecule has 0 amide bonds. The van der Waals surface area contributed by atoms with Crippen molar-refractivity contribution in [1.29, 1.82) is 0 Å². The molecule has 21 heavy (non-hydrogen) atoms. The van der Waals surface area contributed by atoms with Gasteiger partial charge in [-0.1, -0.05) is 19.1 Å². The number of aromatic nitrogens is 3. The number of methoxy groups -OCH3 is 1. The van der Waals surface area contributed by atoms with Gasteiger partial charge in [-0.2, -0.15) is 0 Å². The van der Waals surface area contributed by atoms with Crippen molar-refractivity contribution < 1.29 is 9.47 Å². The summed E-state index contributed by atoms with van der Waals surface area (Å²) in [4.78, 5) is 8.55. The van der Waals surface area contributed by atoms with Crippen LogP contribution in [0, 0.1) is 0 Å². The second-order valence-electron chi connectivity index (χ2n) is 4.65. The quantitative estimate of drug-likeness (QED) is 0.721. The third-order valence-electron chi connectivity index (χ3n) is 3.19. The van der Waals surface area contributed by atoms with Crippen LogP contribution in [0.15, 0.2) is 42.9 Å². The number of ether oxygens (including phenoxy) is 2. The molecular weight excluding hydrogens is 266 g/mol. The van der Waals surface area contributed by atoms with E-state index in [-0.39, 0.29) is 0 Å². The zero-order valence-electron chi connectivity index (χ0n) is 12.1. The highest BCUT2D eigenvalue weighted by atomic mass is 16.5. The van der Waals surface area contributed by atoms with Crippen molar-refractivity contribution in [2.45, 2.75) is 13.3 Å². The largest absolute Gasteiger partial charge is 0.494 e. The van der Waals surface area contributed by atoms with E-state index in [4.69, 9.17) is 9.47 Å². The fraction of sp³-hybridized carbons (Fsp3) is 0.250. The lowest BCUT2D eigenvalue weighted by Gasteiger charge is -2.07. The number of hydrogen-bond acceptors (Lipinski definition) is 4. The average Bonchev–Trinajstić information content (AvgIpc) is 2.97. The normalized spacial score (nSPS) is 10.8. The standard InChI is InChI=1S/C16H17N3O2/c1-3-9-21-13-6-4-5-12(10-13)14-11-18-15-16(20-2)17-7-8-19(14)15/h4-8,10-11H,3,9H2,1-2H3. The van der Waals surface area contributed by atoms with Gasteiger partial charge >= 0.3 is 0 Å². The number of fused-ring (bicyclic) bond motifs is 1. The molecule has 108 valence electrons. The molecule has 0 aliphatic heterocycles. The third-order valence-corrected chi connectivity index (χ3v) is 3.19. The Labute approximate surface area is 123 Å². The molecule has 1 aromatic carbocycles. The van der Waals surface area contributed by atoms with Crippen LogP contribution in [-0.4, -0.2) is 28.1 Å². The second-order valence-corrected chi connectivity index (χ2v) is 4.65. The number of rotatable bonds is 5. The van der Waals surface area contributed by atoms with Gasteiger partial charge in [0.2, 0.25) is 5.65 Å². The Morgan fingerprint density at radius 3 is 2.95 bits per heavy atom. The number of hydrogen-bond donors (Lipinski definition) is 0. The minimum Gasteiger partial charge on any atom is -0.494 e. The molecule has 0 bridgehead atoms. The van der Waals surface area contributed by atoms with Crippen LogP contribution in [0.4, 0.5) is 0 Å². The summed E-state index contributed by atoms with van der Waals surface area (Å²) in [5.74, 6) is 1.38. The van der Waals surface area contributed by atoms with E-state index in [0.29, 0.717) is 18.1 Å². The van der Waals surface area contributed by atoms with Gasteiger partial charge in [0.1, 0.15) is 5.75 Å². The zero-order valence-corrected chi connectivity index (χ0v) is 12.1. The molecule has 0 spiro atoms. The fourth-order valence-electron chi connectivity index (χ4n) is 2.22. The van der Waals surface area contributed by atoms with Crippen molar-refractivity contribution in [3.8, 4) is 22.9 Å². The highest BCUT2D eigenvalue weighted by Crippen LogP contribution is 2.26. The van der Waals surface area contributed by atoms with E-state index < -0.39 is 0 Å². The summed E-state index contributed by atoms with van der Waals surface area (Å²) in [6.45, 7) is 2.81. The minimum absolute atomic E-state index is 0.516. The van der Waals surface area contributed by atoms with E-state index in [0.717, 1.165) is 23.4 Å². The van der Waals surface area contributed by atoms with Crippen LogP contribution in [0.5, 0.6) is 11.6 Å². The summed E-state index contributed by atoms with van der Waals surface area (Å²) in [6, 6.07) is 8.00. The first kappa shape index (κ1) is 13.4. The Balaban J connectivity index is 2.04. The van der Waals surface area contributed by atoms with Gasteiger partial charge in [0.25, 0.3) is 5.88 Å². The van der Waals surface area contributed by atoms with Crippen molar-refractivity contribution in [1.82, 2.24) is 14.4 Å². The first-order valence-corrected chi connectivity index (χ1v) is 6.92. The minimum atomic E-state index is 0.516. The number of nitrogens with zero attached hydrogens (tertiary/aromatic N) is 3. The van der Waals surface area contributed by atoms with Gasteiger partial charge < -0.3 is 9.47 Å². The molecule has 2 heterocycles. The highest BCUT2D eigenvalue weighted by Gasteiger charge is 2.10. The van der Waals surface area contributed by atoms with Crippen LogP contribution in [-0.2, 0) is 0 Å². The van der Waals surface area contributed by atoms with E-state index in [1.807, 2.05) is 41.1 Å². The van der Waals surface area contributed by atoms with Gasteiger partial charge in [-0.15, -0.1) is 0 Å². The third kappa shape index (κ3) is 2.54. The van der Waals surface area contributed by atoms with Crippen LogP contribution >= 0.6 is 0 Å². The van der Waals surface area contributed by atoms with Crippen LogP contribution in [0.3, 0.4) is 0 Å². The lowest BCUT2D eigenvalue weighted by molar-refractivity contribution is 0.317. The molecule has 0 saturated carbocycles. The molecule has 3 aromatic rings. The van der Waals surface area contributed by atoms with Crippen molar-refractivity contribution in [3.63, 3.8) is 0 Å². The lowest BCUT2D eigenvalue weighted by atomic mass is 10.1. The van der Waals surface area contributed by atoms with Crippen LogP contribution in [0.25, 0.3) is 16.9 Å². The second kappa shape index (κ2) is 5.83. The molecule has 0 atom stereocenters. The summed E-state index contributed by atoms with van der Waals surface area (Å²) < 4.78 is 12.9. The summed E-state index contributed by atoms with van der Waals surface area (Å²) in [5, 5.41) is 0. The molecule has 5 nitrogen and oxygen atoms in total. The first-order valence-electron chi connectivity index (χ1n) is 6.92. The molecule has 0 unspecified atom stereocenters. The first-order chi connectivity index (χ1) is 10.3. The number of benzene rings is 1. The lowest BCUT2D eigenvalue weighted by Crippen LogP contribution is -1.96. The van der Waals surface area contributed by atoms with E-state index in [1.165, 1.54) is 0 Å². The molecule has 0 aliphatic rings. The molecule has 2 aromatic heterocycles. The molecule has 0 N–H and O–H groups in total. The van der Waals surface area contributed by atoms with Crippen molar-refractivity contribution in [2.24, 2.45) is 0 Å². The average molecular weight is 283 g/mol. The molecule has 0 radical (unpaired) electrons. The van der Waals surface area contributed by atoms with Gasteiger partial charge in [0.15, 0.2) is 0 Å². The molecular formula is C16H17N3O2. The Morgan fingerprint density at radius 2 is 2.14 bits per heavy atom. The van der Waals surface area contributed by atoms with Crippen LogP contribution in [0.1, 0.15) is 13.3 Å². The highest BCUT2D eigenvalue weighted by molar-refractivity contribution is 5.66. The summed E-state index contributed by atoms with van der Waals surface area (Å²) >= 11 is 0. The van der Waals surface area contributed by atoms with Gasteiger partial charge in [0.05, 0.1) is 25.6 Å². The molecule has 5 heteroatoms. The van der Waals surface area contributed by atoms with E-state index in [2.05, 4.69) is 16.9 Å². The van der Waals surface area contributed by atoms with E-state index in [9.17, 15) is 0 Å². The van der Waals surface area contributed by atoms with Crippen molar-refractivity contribution >= 4 is 5.65 Å². The molecule has 0 fully saturated rings. The smallest absolute Gasteiger partial charge is 0.258 e. The van der Waals surface area contributed by atoms with Gasteiger partial charge in [-0.25, -0.2) is 9.97 Å². The maximum atomic E-state index is 5.68. The SMILES string of the molecule is CCCOc1cccc(-c2cnc3c(OC)nccn23)c1. The van der Waals surface area contributed by atoms with Gasteiger partial charge in [-0.05, 0) is 18.6 Å². The van der Waals surface area contributed by atoms with E-state index >= 15 is 0 Å². The number of imidazole rings is 1. The van der Waals surface area contributed by atoms with Crippen molar-refractivity contribution in [2.75, 3.05) is 13.7 Å². The summed E-state index contributed by atoms with van der Waals surface area (Å²) in [7, 11) is 1.59. The summed E-state index contributed by atoms with van der Waals surface area (Å²) in [5.41, 5.74) is 2.73. The van der Waals surface area contributed by atoms with Crippen LogP contribution < -0.4 is 9.47 Å². The Morgan fingerprint density at radius 1 is 1.24 bits per heavy atom. The van der Waals surface area contributed by atoms with Gasteiger partial charge in [0, 0.05) is 18.0 Å². The fourth-order valence-corrected chi connectivity index (χ4v) is 2.22. The van der Waals surface area contributed by atoms with Crippen LogP contribution in [0.2, 0.25) is 0 Å². The Hall–Kier alpha value is -2.56. The van der Waals surface area contributed by atoms with E-state index in [1.54, 1.807) is 13.3 Å². The predicted octanol–water partition coefficient (Wildman–Crippen LogP) is 3.19.